The first-order valence-corrected chi connectivity index (χ1v) is 9.14. The SMILES string of the molecule is COc1cc(Cl)c(S(=O)(=O)N[C@H]2CCCC[C@@H]2C)cc1Cl. The van der Waals surface area contributed by atoms with E-state index < -0.39 is 10.0 Å². The molecule has 0 spiro atoms. The van der Waals surface area contributed by atoms with Gasteiger partial charge in [0.15, 0.2) is 0 Å². The summed E-state index contributed by atoms with van der Waals surface area (Å²) in [5.74, 6) is 0.674. The second-order valence-corrected chi connectivity index (χ2v) is 7.90. The van der Waals surface area contributed by atoms with E-state index in [0.29, 0.717) is 11.7 Å². The summed E-state index contributed by atoms with van der Waals surface area (Å²) in [6.45, 7) is 2.06. The molecule has 2 rings (SSSR count). The predicted octanol–water partition coefficient (Wildman–Crippen LogP) is 3.86. The van der Waals surface area contributed by atoms with Gasteiger partial charge >= 0.3 is 0 Å². The van der Waals surface area contributed by atoms with Crippen LogP contribution in [0.5, 0.6) is 5.75 Å². The lowest BCUT2D eigenvalue weighted by atomic mass is 9.87. The Morgan fingerprint density at radius 2 is 1.86 bits per heavy atom. The molecule has 0 bridgehead atoms. The van der Waals surface area contributed by atoms with Crippen molar-refractivity contribution in [2.75, 3.05) is 7.11 Å². The molecule has 118 valence electrons. The summed E-state index contributed by atoms with van der Waals surface area (Å²) in [6.07, 6.45) is 4.06. The van der Waals surface area contributed by atoms with Crippen LogP contribution >= 0.6 is 23.2 Å². The summed E-state index contributed by atoms with van der Waals surface area (Å²) in [4.78, 5) is -0.00672. The van der Waals surface area contributed by atoms with Gasteiger partial charge in [-0.1, -0.05) is 43.0 Å². The van der Waals surface area contributed by atoms with Gasteiger partial charge in [-0.15, -0.1) is 0 Å². The molecule has 21 heavy (non-hydrogen) atoms. The third-order valence-electron chi connectivity index (χ3n) is 3.91. The van der Waals surface area contributed by atoms with Gasteiger partial charge in [0, 0.05) is 12.1 Å². The van der Waals surface area contributed by atoms with Gasteiger partial charge in [-0.2, -0.15) is 0 Å². The van der Waals surface area contributed by atoms with E-state index in [1.54, 1.807) is 0 Å². The molecule has 0 aliphatic heterocycles. The van der Waals surface area contributed by atoms with Gasteiger partial charge in [0.2, 0.25) is 10.0 Å². The number of methoxy groups -OCH3 is 1. The first-order chi connectivity index (χ1) is 9.85. The quantitative estimate of drug-likeness (QED) is 0.895. The Hall–Kier alpha value is -0.490. The highest BCUT2D eigenvalue weighted by Crippen LogP contribution is 2.34. The van der Waals surface area contributed by atoms with Crippen LogP contribution in [-0.4, -0.2) is 21.6 Å². The van der Waals surface area contributed by atoms with E-state index >= 15 is 0 Å². The lowest BCUT2D eigenvalue weighted by Crippen LogP contribution is -2.41. The smallest absolute Gasteiger partial charge is 0.242 e. The number of halogens is 2. The molecule has 0 radical (unpaired) electrons. The molecule has 1 N–H and O–H groups in total. The number of hydrogen-bond acceptors (Lipinski definition) is 3. The summed E-state index contributed by atoms with van der Waals surface area (Å²) in [5.41, 5.74) is 0. The Labute approximate surface area is 135 Å². The summed E-state index contributed by atoms with van der Waals surface area (Å²) >= 11 is 12.1. The van der Waals surface area contributed by atoms with Crippen LogP contribution in [0.1, 0.15) is 32.6 Å². The van der Waals surface area contributed by atoms with Gasteiger partial charge in [-0.3, -0.25) is 0 Å². The first kappa shape index (κ1) is 16.9. The van der Waals surface area contributed by atoms with Crippen molar-refractivity contribution in [1.82, 2.24) is 4.72 Å². The molecule has 1 aliphatic rings. The van der Waals surface area contributed by atoms with Gasteiger partial charge < -0.3 is 4.74 Å². The van der Waals surface area contributed by atoms with Crippen LogP contribution in [0.2, 0.25) is 10.0 Å². The predicted molar refractivity (Wildman–Crippen MR) is 84.8 cm³/mol. The summed E-state index contributed by atoms with van der Waals surface area (Å²) < 4.78 is 32.8. The Morgan fingerprint density at radius 3 is 2.48 bits per heavy atom. The van der Waals surface area contributed by atoms with Crippen molar-refractivity contribution >= 4 is 33.2 Å². The van der Waals surface area contributed by atoms with Crippen molar-refractivity contribution in [3.8, 4) is 5.75 Å². The van der Waals surface area contributed by atoms with Crippen LogP contribution in [0.25, 0.3) is 0 Å². The van der Waals surface area contributed by atoms with Crippen molar-refractivity contribution < 1.29 is 13.2 Å². The molecular weight excluding hydrogens is 333 g/mol. The van der Waals surface area contributed by atoms with E-state index in [-0.39, 0.29) is 21.0 Å². The average molecular weight is 352 g/mol. The van der Waals surface area contributed by atoms with Crippen LogP contribution < -0.4 is 9.46 Å². The first-order valence-electron chi connectivity index (χ1n) is 6.90. The Kier molecular flexibility index (Phi) is 5.41. The molecule has 2 atom stereocenters. The van der Waals surface area contributed by atoms with Crippen LogP contribution in [0.3, 0.4) is 0 Å². The third kappa shape index (κ3) is 3.83. The Bertz CT molecular complexity index is 619. The molecule has 1 aromatic rings. The third-order valence-corrected chi connectivity index (χ3v) is 6.16. The van der Waals surface area contributed by atoms with Crippen LogP contribution in [-0.2, 0) is 10.0 Å². The number of hydrogen-bond donors (Lipinski definition) is 1. The van der Waals surface area contributed by atoms with Gasteiger partial charge in [0.1, 0.15) is 10.6 Å². The highest BCUT2D eigenvalue weighted by atomic mass is 35.5. The van der Waals surface area contributed by atoms with Gasteiger partial charge in [0.05, 0.1) is 17.2 Å². The summed E-state index contributed by atoms with van der Waals surface area (Å²) in [6, 6.07) is 2.70. The molecule has 0 saturated heterocycles. The fourth-order valence-corrected chi connectivity index (χ4v) is 4.86. The normalized spacial score (nSPS) is 23.0. The fraction of sp³-hybridized carbons (Fsp3) is 0.571. The largest absolute Gasteiger partial charge is 0.495 e. The summed E-state index contributed by atoms with van der Waals surface area (Å²) in [7, 11) is -2.24. The van der Waals surface area contributed by atoms with Crippen molar-refractivity contribution in [3.63, 3.8) is 0 Å². The number of sulfonamides is 1. The topological polar surface area (TPSA) is 55.4 Å². The number of nitrogens with one attached hydrogen (secondary N) is 1. The molecule has 1 saturated carbocycles. The second-order valence-electron chi connectivity index (χ2n) is 5.41. The van der Waals surface area contributed by atoms with E-state index in [0.717, 1.165) is 25.7 Å². The molecule has 7 heteroatoms. The molecule has 1 aromatic carbocycles. The Balaban J connectivity index is 2.29. The van der Waals surface area contributed by atoms with Crippen LogP contribution in [0.15, 0.2) is 17.0 Å². The monoisotopic (exact) mass is 351 g/mol. The minimum atomic E-state index is -3.69. The minimum Gasteiger partial charge on any atom is -0.495 e. The highest BCUT2D eigenvalue weighted by molar-refractivity contribution is 7.89. The number of rotatable bonds is 4. The molecule has 0 heterocycles. The molecule has 0 unspecified atom stereocenters. The molecular formula is C14H19Cl2NO3S. The molecule has 0 amide bonds. The summed E-state index contributed by atoms with van der Waals surface area (Å²) in [5, 5.41) is 0.325. The van der Waals surface area contributed by atoms with E-state index in [1.165, 1.54) is 19.2 Å². The van der Waals surface area contributed by atoms with E-state index in [2.05, 4.69) is 11.6 Å². The maximum Gasteiger partial charge on any atom is 0.242 e. The van der Waals surface area contributed by atoms with E-state index in [1.807, 2.05) is 0 Å². The average Bonchev–Trinajstić information content (AvgIpc) is 2.43. The highest BCUT2D eigenvalue weighted by Gasteiger charge is 2.28. The number of benzene rings is 1. The fourth-order valence-electron chi connectivity index (χ4n) is 2.63. The van der Waals surface area contributed by atoms with Crippen molar-refractivity contribution in [1.29, 1.82) is 0 Å². The molecule has 0 aromatic heterocycles. The van der Waals surface area contributed by atoms with Crippen molar-refractivity contribution in [2.24, 2.45) is 5.92 Å². The van der Waals surface area contributed by atoms with Gasteiger partial charge in [-0.25, -0.2) is 13.1 Å². The van der Waals surface area contributed by atoms with E-state index in [9.17, 15) is 8.42 Å². The molecule has 1 aliphatic carbocycles. The van der Waals surface area contributed by atoms with Crippen molar-refractivity contribution in [2.45, 2.75) is 43.5 Å². The van der Waals surface area contributed by atoms with Crippen molar-refractivity contribution in [3.05, 3.63) is 22.2 Å². The van der Waals surface area contributed by atoms with Crippen LogP contribution in [0, 0.1) is 5.92 Å². The lowest BCUT2D eigenvalue weighted by Gasteiger charge is -2.29. The maximum absolute atomic E-state index is 12.5. The second kappa shape index (κ2) is 6.73. The van der Waals surface area contributed by atoms with Gasteiger partial charge in [0.25, 0.3) is 0 Å². The maximum atomic E-state index is 12.5. The standard InChI is InChI=1S/C14H19Cl2NO3S/c1-9-5-3-4-6-12(9)17-21(18,19)14-8-10(15)13(20-2)7-11(14)16/h7-9,12,17H,3-6H2,1-2H3/t9-,12-/m0/s1. The molecule has 1 fully saturated rings. The lowest BCUT2D eigenvalue weighted by molar-refractivity contribution is 0.310. The van der Waals surface area contributed by atoms with E-state index in [4.69, 9.17) is 27.9 Å². The minimum absolute atomic E-state index is 0.00672. The number of ether oxygens (including phenoxy) is 1. The zero-order valence-corrected chi connectivity index (χ0v) is 14.4. The van der Waals surface area contributed by atoms with Gasteiger partial charge in [-0.05, 0) is 24.8 Å². The van der Waals surface area contributed by atoms with Crippen LogP contribution in [0.4, 0.5) is 0 Å². The molecule has 4 nitrogen and oxygen atoms in total. The Morgan fingerprint density at radius 1 is 1.19 bits per heavy atom. The zero-order valence-electron chi connectivity index (χ0n) is 12.0. The zero-order chi connectivity index (χ0) is 15.6.